The summed E-state index contributed by atoms with van der Waals surface area (Å²) in [5.41, 5.74) is 2.93. The van der Waals surface area contributed by atoms with Gasteiger partial charge >= 0.3 is 18.0 Å². The van der Waals surface area contributed by atoms with Crippen molar-refractivity contribution >= 4 is 63.0 Å². The van der Waals surface area contributed by atoms with Crippen molar-refractivity contribution < 1.29 is 43.3 Å². The Balaban J connectivity index is 1.44. The lowest BCUT2D eigenvalue weighted by atomic mass is 9.96. The molecule has 3 N–H and O–H groups in total. The number of carboxylic acids is 1. The van der Waals surface area contributed by atoms with E-state index in [1.165, 1.54) is 18.7 Å². The first kappa shape index (κ1) is 53.6. The highest BCUT2D eigenvalue weighted by Gasteiger charge is 2.28. The summed E-state index contributed by atoms with van der Waals surface area (Å²) in [6, 6.07) is 18.3. The predicted molar refractivity (Wildman–Crippen MR) is 254 cm³/mol. The van der Waals surface area contributed by atoms with Crippen molar-refractivity contribution in [3.05, 3.63) is 101 Å². The molecule has 0 saturated carbocycles. The van der Waals surface area contributed by atoms with E-state index >= 15 is 0 Å². The number of methoxy groups -OCH3 is 1. The second kappa shape index (κ2) is 27.6. The molecule has 4 atom stereocenters. The highest BCUT2D eigenvalue weighted by molar-refractivity contribution is 8.77. The number of carbonyl (C=O) groups is 5. The van der Waals surface area contributed by atoms with E-state index in [2.05, 4.69) is 48.5 Å². The molecule has 3 amide bonds. The van der Waals surface area contributed by atoms with Gasteiger partial charge in [-0.15, -0.1) is 0 Å². The minimum Gasteiger partial charge on any atom is -0.495 e. The summed E-state index contributed by atoms with van der Waals surface area (Å²) >= 11 is 6.32. The summed E-state index contributed by atoms with van der Waals surface area (Å²) in [5.74, 6) is -2.81. The van der Waals surface area contributed by atoms with E-state index in [-0.39, 0.29) is 42.8 Å². The highest BCUT2D eigenvalue weighted by atomic mass is 35.5. The Morgan fingerprint density at radius 1 is 0.938 bits per heavy atom. The number of nitrogens with one attached hydrogen (secondary N) is 2. The average molecular weight is 942 g/mol. The number of allylic oxidation sites excluding steroid dienone is 1. The van der Waals surface area contributed by atoms with Crippen LogP contribution in [-0.4, -0.2) is 89.0 Å². The molecule has 13 nitrogen and oxygen atoms in total. The third-order valence-electron chi connectivity index (χ3n) is 10.1. The molecule has 2 aromatic carbocycles. The average Bonchev–Trinajstić information content (AvgIpc) is 3.26. The molecule has 0 aliphatic rings. The maximum absolute atomic E-state index is 13.4. The van der Waals surface area contributed by atoms with Gasteiger partial charge in [-0.1, -0.05) is 92.6 Å². The molecule has 0 radical (unpaired) electrons. The number of benzene rings is 2. The lowest BCUT2D eigenvalue weighted by Crippen LogP contribution is -2.48. The number of aryl methyl sites for hydroxylation is 2. The quantitative estimate of drug-likeness (QED) is 0.0376. The number of pyridine rings is 1. The summed E-state index contributed by atoms with van der Waals surface area (Å²) in [6.07, 6.45) is 7.52. The number of rotatable bonds is 27. The molecule has 3 aromatic rings. The number of ether oxygens (including phenoxy) is 3. The van der Waals surface area contributed by atoms with Crippen LogP contribution < -0.4 is 15.4 Å². The van der Waals surface area contributed by atoms with E-state index in [0.29, 0.717) is 36.1 Å². The molecule has 4 unspecified atom stereocenters. The smallest absolute Gasteiger partial charge is 0.409 e. The number of aromatic nitrogens is 1. The fourth-order valence-electron chi connectivity index (χ4n) is 6.41. The SMILES string of the molecule is COc1ccc(CCC(NC(=O)C=CCCC(C)CCc2ccc(COC(=O)N(C)CC(C)(C)SSc3ccccn3)cc2)C(=O)NCC(C)C(=O)OC(CC(C)C)C(=O)O)cc1Cl. The van der Waals surface area contributed by atoms with Crippen LogP contribution in [-0.2, 0) is 48.1 Å². The first-order valence-electron chi connectivity index (χ1n) is 21.6. The van der Waals surface area contributed by atoms with Crippen LogP contribution in [0.15, 0.2) is 84.0 Å². The number of carboxylic acid groups (broad SMARTS) is 1. The van der Waals surface area contributed by atoms with E-state index in [1.807, 2.05) is 50.2 Å². The van der Waals surface area contributed by atoms with Crippen LogP contribution >= 0.6 is 33.2 Å². The molecule has 1 aromatic heterocycles. The minimum atomic E-state index is -1.28. The molecule has 0 saturated heterocycles. The van der Waals surface area contributed by atoms with Crippen molar-refractivity contribution in [2.24, 2.45) is 17.8 Å². The zero-order chi connectivity index (χ0) is 47.2. The number of nitrogens with zero attached hydrogens (tertiary/aromatic N) is 2. The predicted octanol–water partition coefficient (Wildman–Crippen LogP) is 9.35. The molecular weight excluding hydrogens is 876 g/mol. The molecule has 0 fully saturated rings. The van der Waals surface area contributed by atoms with E-state index < -0.39 is 41.8 Å². The van der Waals surface area contributed by atoms with Crippen molar-refractivity contribution in [1.82, 2.24) is 20.5 Å². The minimum absolute atomic E-state index is 0.000595. The van der Waals surface area contributed by atoms with E-state index in [0.717, 1.165) is 35.4 Å². The lowest BCUT2D eigenvalue weighted by molar-refractivity contribution is -0.167. The molecule has 3 rings (SSSR count). The van der Waals surface area contributed by atoms with Gasteiger partial charge in [0.2, 0.25) is 11.8 Å². The summed E-state index contributed by atoms with van der Waals surface area (Å²) in [6.45, 7) is 12.1. The Morgan fingerprint density at radius 3 is 2.27 bits per heavy atom. The van der Waals surface area contributed by atoms with Crippen molar-refractivity contribution in [1.29, 1.82) is 0 Å². The standard InChI is InChI=1S/C48H65ClN4O9S2/c1-32(2)27-41(45(56)57)62-46(58)34(4)29-51-44(55)39(24-22-36-23-25-40(60-8)38(49)28-36)52-42(54)14-10-9-13-33(3)16-17-35-18-20-37(21-19-35)30-61-47(59)53(7)31-48(5,6)64-63-43-15-11-12-26-50-43/h10-12,14-15,18-21,23,25-26,28,32-34,39,41H,9,13,16-17,22,24,27,29-31H2,1-8H3,(H,51,55)(H,52,54)(H,56,57). The Morgan fingerprint density at radius 2 is 1.62 bits per heavy atom. The van der Waals surface area contributed by atoms with Gasteiger partial charge in [0.1, 0.15) is 23.4 Å². The molecule has 64 heavy (non-hydrogen) atoms. The molecule has 16 heteroatoms. The van der Waals surface area contributed by atoms with Gasteiger partial charge in [0.25, 0.3) is 0 Å². The fourth-order valence-corrected chi connectivity index (χ4v) is 8.87. The van der Waals surface area contributed by atoms with E-state index in [9.17, 15) is 29.1 Å². The van der Waals surface area contributed by atoms with Crippen LogP contribution in [0.25, 0.3) is 0 Å². The third kappa shape index (κ3) is 20.4. The van der Waals surface area contributed by atoms with Gasteiger partial charge in [0.05, 0.1) is 18.1 Å². The highest BCUT2D eigenvalue weighted by Crippen LogP contribution is 2.40. The number of hydrogen-bond acceptors (Lipinski definition) is 11. The summed E-state index contributed by atoms with van der Waals surface area (Å²) in [4.78, 5) is 69.5. The second-order valence-electron chi connectivity index (χ2n) is 17.1. The Bertz CT molecular complexity index is 1990. The van der Waals surface area contributed by atoms with Crippen LogP contribution in [0.5, 0.6) is 5.75 Å². The summed E-state index contributed by atoms with van der Waals surface area (Å²) in [7, 11) is 6.51. The number of hydrogen-bond donors (Lipinski definition) is 3. The first-order valence-corrected chi connectivity index (χ1v) is 24.1. The van der Waals surface area contributed by atoms with Gasteiger partial charge in [-0.25, -0.2) is 14.6 Å². The van der Waals surface area contributed by atoms with E-state index in [4.69, 9.17) is 25.8 Å². The van der Waals surface area contributed by atoms with Crippen LogP contribution in [0.1, 0.15) is 90.3 Å². The van der Waals surface area contributed by atoms with Gasteiger partial charge in [-0.05, 0) is 128 Å². The largest absolute Gasteiger partial charge is 0.495 e. The molecular formula is C48H65ClN4O9S2. The summed E-state index contributed by atoms with van der Waals surface area (Å²) < 4.78 is 15.9. The first-order chi connectivity index (χ1) is 30.3. The van der Waals surface area contributed by atoms with Crippen molar-refractivity contribution in [3.63, 3.8) is 0 Å². The lowest BCUT2D eigenvalue weighted by Gasteiger charge is -2.28. The number of carbonyl (C=O) groups excluding carboxylic acids is 4. The fraction of sp³-hybridized carbons (Fsp3) is 0.500. The molecule has 0 bridgehead atoms. The summed E-state index contributed by atoms with van der Waals surface area (Å²) in [5, 5.41) is 16.3. The van der Waals surface area contributed by atoms with Gasteiger partial charge < -0.3 is 34.9 Å². The third-order valence-corrected chi connectivity index (χ3v) is 13.6. The van der Waals surface area contributed by atoms with Gasteiger partial charge in [-0.3, -0.25) is 14.4 Å². The Hall–Kier alpha value is -4.73. The monoisotopic (exact) mass is 940 g/mol. The van der Waals surface area contributed by atoms with Crippen molar-refractivity contribution in [2.45, 2.75) is 115 Å². The molecule has 1 heterocycles. The van der Waals surface area contributed by atoms with Crippen LogP contribution in [0.4, 0.5) is 4.79 Å². The van der Waals surface area contributed by atoms with Crippen molar-refractivity contribution in [2.75, 3.05) is 27.2 Å². The maximum atomic E-state index is 13.4. The molecule has 0 aliphatic carbocycles. The van der Waals surface area contributed by atoms with Crippen molar-refractivity contribution in [3.8, 4) is 5.75 Å². The number of esters is 1. The van der Waals surface area contributed by atoms with Crippen LogP contribution in [0.3, 0.4) is 0 Å². The zero-order valence-corrected chi connectivity index (χ0v) is 40.7. The van der Waals surface area contributed by atoms with Gasteiger partial charge in [0.15, 0.2) is 6.10 Å². The van der Waals surface area contributed by atoms with Gasteiger partial charge in [-0.2, -0.15) is 0 Å². The number of halogens is 1. The number of amides is 3. The maximum Gasteiger partial charge on any atom is 0.409 e. The Kier molecular flexibility index (Phi) is 23.1. The van der Waals surface area contributed by atoms with Crippen LogP contribution in [0.2, 0.25) is 5.02 Å². The second-order valence-corrected chi connectivity index (χ2v) is 20.3. The molecule has 350 valence electrons. The van der Waals surface area contributed by atoms with Crippen LogP contribution in [0, 0.1) is 17.8 Å². The van der Waals surface area contributed by atoms with E-state index in [1.54, 1.807) is 64.9 Å². The topological polar surface area (TPSA) is 173 Å². The number of aliphatic carboxylic acids is 1. The molecule has 0 spiro atoms. The van der Waals surface area contributed by atoms with Gasteiger partial charge in [0, 0.05) is 31.1 Å². The normalized spacial score (nSPS) is 13.4. The Labute approximate surface area is 391 Å². The zero-order valence-electron chi connectivity index (χ0n) is 38.3. The molecule has 0 aliphatic heterocycles.